The molecule has 0 aromatic heterocycles. The van der Waals surface area contributed by atoms with Gasteiger partial charge in [0.2, 0.25) is 5.91 Å². The summed E-state index contributed by atoms with van der Waals surface area (Å²) in [4.78, 5) is 17.1. The summed E-state index contributed by atoms with van der Waals surface area (Å²) in [6, 6.07) is 11.9. The Bertz CT molecular complexity index is 917. The van der Waals surface area contributed by atoms with Crippen molar-refractivity contribution in [2.75, 3.05) is 70.1 Å². The maximum Gasteiger partial charge on any atom is 0.224 e. The lowest BCUT2D eigenvalue weighted by Gasteiger charge is -2.36. The average molecular weight is 476 g/mol. The molecule has 2 aromatic rings. The van der Waals surface area contributed by atoms with E-state index in [4.69, 9.17) is 25.8 Å². The molecule has 8 heteroatoms. The number of hydrogen-bond donors (Lipinski definition) is 1. The van der Waals surface area contributed by atoms with Gasteiger partial charge < -0.3 is 24.4 Å². The van der Waals surface area contributed by atoms with E-state index in [2.05, 4.69) is 21.2 Å². The SMILES string of the molecule is COc1ccccc1N1CCN(CCc2c(NC(=O)CCCCl)ccc(OC)c2OC)CC1. The van der Waals surface area contributed by atoms with E-state index >= 15 is 0 Å². The van der Waals surface area contributed by atoms with Gasteiger partial charge in [-0.3, -0.25) is 9.69 Å². The van der Waals surface area contributed by atoms with Gasteiger partial charge >= 0.3 is 0 Å². The van der Waals surface area contributed by atoms with Gasteiger partial charge in [-0.25, -0.2) is 0 Å². The van der Waals surface area contributed by atoms with E-state index in [1.54, 1.807) is 21.3 Å². The second kappa shape index (κ2) is 12.6. The molecule has 0 saturated carbocycles. The highest BCUT2D eigenvalue weighted by molar-refractivity contribution is 6.18. The molecule has 0 aliphatic carbocycles. The number of carbonyl (C=O) groups excluding carboxylic acids is 1. The summed E-state index contributed by atoms with van der Waals surface area (Å²) < 4.78 is 16.7. The predicted octanol–water partition coefficient (Wildman–Crippen LogP) is 4.03. The molecule has 0 radical (unpaired) electrons. The van der Waals surface area contributed by atoms with E-state index in [1.165, 1.54) is 0 Å². The fourth-order valence-electron chi connectivity index (χ4n) is 4.17. The van der Waals surface area contributed by atoms with Crippen molar-refractivity contribution in [2.45, 2.75) is 19.3 Å². The Morgan fingerprint density at radius 1 is 0.970 bits per heavy atom. The number of halogens is 1. The van der Waals surface area contributed by atoms with Crippen LogP contribution in [0.15, 0.2) is 36.4 Å². The monoisotopic (exact) mass is 475 g/mol. The number of hydrogen-bond acceptors (Lipinski definition) is 6. The Hall–Kier alpha value is -2.64. The van der Waals surface area contributed by atoms with Crippen LogP contribution in [0, 0.1) is 0 Å². The number of nitrogens with zero attached hydrogens (tertiary/aromatic N) is 2. The molecule has 1 heterocycles. The van der Waals surface area contributed by atoms with Gasteiger partial charge in [0, 0.05) is 56.3 Å². The summed E-state index contributed by atoms with van der Waals surface area (Å²) in [6.07, 6.45) is 1.77. The van der Waals surface area contributed by atoms with Crippen LogP contribution in [0.4, 0.5) is 11.4 Å². The third-order valence-corrected chi connectivity index (χ3v) is 6.20. The quantitative estimate of drug-likeness (QED) is 0.495. The Morgan fingerprint density at radius 3 is 2.36 bits per heavy atom. The number of anilines is 2. The average Bonchev–Trinajstić information content (AvgIpc) is 2.86. The molecule has 0 unspecified atom stereocenters. The third-order valence-electron chi connectivity index (χ3n) is 5.94. The van der Waals surface area contributed by atoms with Gasteiger partial charge in [0.15, 0.2) is 11.5 Å². The lowest BCUT2D eigenvalue weighted by molar-refractivity contribution is -0.116. The zero-order valence-corrected chi connectivity index (χ0v) is 20.5. The third kappa shape index (κ3) is 6.45. The minimum atomic E-state index is -0.0467. The zero-order valence-electron chi connectivity index (χ0n) is 19.7. The van der Waals surface area contributed by atoms with Gasteiger partial charge in [0.25, 0.3) is 0 Å². The summed E-state index contributed by atoms with van der Waals surface area (Å²) in [5.74, 6) is 2.65. The molecule has 7 nitrogen and oxygen atoms in total. The summed E-state index contributed by atoms with van der Waals surface area (Å²) in [5.41, 5.74) is 2.85. The topological polar surface area (TPSA) is 63.3 Å². The van der Waals surface area contributed by atoms with Crippen LogP contribution in [0.3, 0.4) is 0 Å². The minimum absolute atomic E-state index is 0.0467. The molecule has 1 saturated heterocycles. The molecular weight excluding hydrogens is 442 g/mol. The number of methoxy groups -OCH3 is 3. The molecule has 1 N–H and O–H groups in total. The molecule has 0 spiro atoms. The first kappa shape index (κ1) is 25.0. The van der Waals surface area contributed by atoms with Crippen molar-refractivity contribution in [3.8, 4) is 17.2 Å². The molecule has 1 fully saturated rings. The summed E-state index contributed by atoms with van der Waals surface area (Å²) in [6.45, 7) is 4.60. The van der Waals surface area contributed by atoms with E-state index in [0.717, 1.165) is 61.8 Å². The van der Waals surface area contributed by atoms with E-state index in [0.29, 0.717) is 30.2 Å². The normalized spacial score (nSPS) is 14.1. The molecule has 33 heavy (non-hydrogen) atoms. The maximum absolute atomic E-state index is 12.3. The first-order valence-electron chi connectivity index (χ1n) is 11.3. The van der Waals surface area contributed by atoms with Gasteiger partial charge in [-0.05, 0) is 37.1 Å². The number of rotatable bonds is 11. The highest BCUT2D eigenvalue weighted by Gasteiger charge is 2.22. The Morgan fingerprint density at radius 2 is 1.70 bits per heavy atom. The maximum atomic E-state index is 12.3. The van der Waals surface area contributed by atoms with Crippen molar-refractivity contribution in [1.29, 1.82) is 0 Å². The van der Waals surface area contributed by atoms with E-state index in [1.807, 2.05) is 30.3 Å². The summed E-state index contributed by atoms with van der Waals surface area (Å²) in [5, 5.41) is 3.03. The van der Waals surface area contributed by atoms with E-state index in [-0.39, 0.29) is 5.91 Å². The van der Waals surface area contributed by atoms with Crippen LogP contribution in [0.25, 0.3) is 0 Å². The van der Waals surface area contributed by atoms with Crippen LogP contribution in [0.5, 0.6) is 17.2 Å². The number of nitrogens with one attached hydrogen (secondary N) is 1. The predicted molar refractivity (Wildman–Crippen MR) is 133 cm³/mol. The van der Waals surface area contributed by atoms with Crippen molar-refractivity contribution in [2.24, 2.45) is 0 Å². The van der Waals surface area contributed by atoms with E-state index in [9.17, 15) is 4.79 Å². The van der Waals surface area contributed by atoms with Gasteiger partial charge in [-0.15, -0.1) is 11.6 Å². The van der Waals surface area contributed by atoms with Gasteiger partial charge in [0.05, 0.1) is 27.0 Å². The Kier molecular flexibility index (Phi) is 9.51. The second-order valence-corrected chi connectivity index (χ2v) is 8.30. The lowest BCUT2D eigenvalue weighted by Crippen LogP contribution is -2.47. The first-order chi connectivity index (χ1) is 16.1. The lowest BCUT2D eigenvalue weighted by atomic mass is 10.1. The molecule has 3 rings (SSSR count). The number of carbonyl (C=O) groups is 1. The van der Waals surface area contributed by atoms with Gasteiger partial charge in [-0.1, -0.05) is 12.1 Å². The van der Waals surface area contributed by atoms with Crippen LogP contribution in [-0.2, 0) is 11.2 Å². The van der Waals surface area contributed by atoms with Crippen molar-refractivity contribution < 1.29 is 19.0 Å². The van der Waals surface area contributed by atoms with Crippen LogP contribution in [0.2, 0.25) is 0 Å². The minimum Gasteiger partial charge on any atom is -0.495 e. The number of para-hydroxylation sites is 2. The van der Waals surface area contributed by atoms with Gasteiger partial charge in [0.1, 0.15) is 5.75 Å². The molecular formula is C25H34ClN3O4. The molecule has 0 atom stereocenters. The number of ether oxygens (including phenoxy) is 3. The number of alkyl halides is 1. The molecule has 1 amide bonds. The Balaban J connectivity index is 1.67. The standard InChI is InChI=1S/C25H34ClN3O4/c1-31-22-8-5-4-7-21(22)29-17-15-28(16-18-29)14-12-19-20(27-24(30)9-6-13-26)10-11-23(32-2)25(19)33-3/h4-5,7-8,10-11H,6,9,12-18H2,1-3H3,(H,27,30). The molecule has 0 bridgehead atoms. The van der Waals surface area contributed by atoms with Crippen molar-refractivity contribution in [3.63, 3.8) is 0 Å². The number of amides is 1. The Labute approximate surface area is 201 Å². The van der Waals surface area contributed by atoms with Crippen molar-refractivity contribution in [3.05, 3.63) is 42.0 Å². The van der Waals surface area contributed by atoms with E-state index < -0.39 is 0 Å². The highest BCUT2D eigenvalue weighted by atomic mass is 35.5. The van der Waals surface area contributed by atoms with Crippen LogP contribution >= 0.6 is 11.6 Å². The smallest absolute Gasteiger partial charge is 0.224 e. The fraction of sp³-hybridized carbons (Fsp3) is 0.480. The summed E-state index contributed by atoms with van der Waals surface area (Å²) in [7, 11) is 4.96. The molecule has 1 aliphatic rings. The summed E-state index contributed by atoms with van der Waals surface area (Å²) >= 11 is 5.74. The molecule has 180 valence electrons. The largest absolute Gasteiger partial charge is 0.495 e. The van der Waals surface area contributed by atoms with Gasteiger partial charge in [-0.2, -0.15) is 0 Å². The zero-order chi connectivity index (χ0) is 23.6. The second-order valence-electron chi connectivity index (χ2n) is 7.92. The molecule has 2 aromatic carbocycles. The highest BCUT2D eigenvalue weighted by Crippen LogP contribution is 2.37. The van der Waals surface area contributed by atoms with Crippen molar-refractivity contribution >= 4 is 28.9 Å². The van der Waals surface area contributed by atoms with Crippen LogP contribution in [0.1, 0.15) is 18.4 Å². The first-order valence-corrected chi connectivity index (χ1v) is 11.8. The van der Waals surface area contributed by atoms with Crippen molar-refractivity contribution in [1.82, 2.24) is 4.90 Å². The number of piperazine rings is 1. The van der Waals surface area contributed by atoms with Crippen LogP contribution < -0.4 is 24.4 Å². The number of benzene rings is 2. The van der Waals surface area contributed by atoms with Crippen LogP contribution in [-0.4, -0.2) is 70.7 Å². The fourth-order valence-corrected chi connectivity index (χ4v) is 4.30. The molecule has 1 aliphatic heterocycles.